The second kappa shape index (κ2) is 28.2. The van der Waals surface area contributed by atoms with Gasteiger partial charge in [-0.05, 0) is 121 Å². The number of hydrogen-bond acceptors (Lipinski definition) is 6. The van der Waals surface area contributed by atoms with E-state index < -0.39 is 7.40 Å². The molecule has 4 aliphatic rings. The van der Waals surface area contributed by atoms with Gasteiger partial charge in [0.05, 0.1) is 0 Å². The molecule has 0 spiro atoms. The Hall–Kier alpha value is -9.73. The van der Waals surface area contributed by atoms with Gasteiger partial charge in [0.25, 0.3) is 0 Å². The minimum Gasteiger partial charge on any atom is -0.456 e. The van der Waals surface area contributed by atoms with Crippen molar-refractivity contribution in [1.82, 2.24) is 0 Å². The minimum absolute atomic E-state index is 0.792. The largest absolute Gasteiger partial charge is 0.674 e. The molecule has 0 atom stereocenters. The second-order valence-electron chi connectivity index (χ2n) is 21.1. The molecule has 12 rings (SSSR count). The maximum atomic E-state index is 10.1. The van der Waals surface area contributed by atoms with Crippen LogP contribution in [0.25, 0.3) is 45.7 Å². The van der Waals surface area contributed by atoms with Crippen LogP contribution in [0.3, 0.4) is 0 Å². The van der Waals surface area contributed by atoms with Crippen LogP contribution >= 0.6 is 0 Å². The third kappa shape index (κ3) is 14.4. The zero-order valence-electron chi connectivity index (χ0n) is 49.6. The predicted molar refractivity (Wildman–Crippen MR) is 352 cm³/mol. The van der Waals surface area contributed by atoms with E-state index in [-0.39, 0.29) is 0 Å². The monoisotopic (exact) mass is 1130 g/mol. The van der Waals surface area contributed by atoms with E-state index in [1.165, 1.54) is 33.4 Å². The first-order chi connectivity index (χ1) is 42.0. The number of hydrogen-bond donors (Lipinski definition) is 2. The normalized spacial score (nSPS) is 14.7. The fraction of sp³-hybridized carbons (Fsp3) is 0.128. The fourth-order valence-corrected chi connectivity index (χ4v) is 10.5. The third-order valence-corrected chi connectivity index (χ3v) is 15.4. The summed E-state index contributed by atoms with van der Waals surface area (Å²) < 4.78 is 36.7. The molecule has 0 aromatic heterocycles. The molecule has 8 aromatic rings. The molecule has 0 radical (unpaired) electrons. The summed E-state index contributed by atoms with van der Waals surface area (Å²) in [7, 11) is -2.67. The van der Waals surface area contributed by atoms with Crippen LogP contribution in [0.4, 0.5) is 4.32 Å². The molecule has 0 saturated heterocycles. The van der Waals surface area contributed by atoms with Gasteiger partial charge in [0, 0.05) is 55.7 Å². The molecular formula is C78H70BFO6. The zero-order chi connectivity index (χ0) is 59.9. The van der Waals surface area contributed by atoms with E-state index in [2.05, 4.69) is 224 Å². The lowest BCUT2D eigenvalue weighted by molar-refractivity contribution is 0.340. The lowest BCUT2D eigenvalue weighted by atomic mass is 9.91. The maximum Gasteiger partial charge on any atom is 0.674 e. The Kier molecular flexibility index (Phi) is 19.5. The fourth-order valence-electron chi connectivity index (χ4n) is 10.5. The molecule has 8 aromatic carbocycles. The highest BCUT2D eigenvalue weighted by Gasteiger charge is 2.27. The molecule has 0 fully saturated rings. The van der Waals surface area contributed by atoms with E-state index in [0.717, 1.165) is 139 Å². The highest BCUT2D eigenvalue weighted by Crippen LogP contribution is 2.44. The molecule has 428 valence electrons. The van der Waals surface area contributed by atoms with Crippen molar-refractivity contribution in [2.24, 2.45) is 0 Å². The van der Waals surface area contributed by atoms with Gasteiger partial charge in [-0.1, -0.05) is 246 Å². The Morgan fingerprint density at radius 2 is 0.535 bits per heavy atom. The van der Waals surface area contributed by atoms with Crippen LogP contribution < -0.4 is 0 Å². The summed E-state index contributed by atoms with van der Waals surface area (Å²) in [6.45, 7) is 13.0. The van der Waals surface area contributed by atoms with Gasteiger partial charge >= 0.3 is 7.40 Å². The molecule has 4 aliphatic heterocycles. The molecule has 0 amide bonds. The maximum absolute atomic E-state index is 10.1. The molecule has 6 nitrogen and oxygen atoms in total. The molecule has 0 unspecified atom stereocenters. The Labute approximate surface area is 506 Å². The summed E-state index contributed by atoms with van der Waals surface area (Å²) in [6, 6.07) is 76.2. The topological polar surface area (TPSA) is 77.4 Å². The summed E-state index contributed by atoms with van der Waals surface area (Å²) in [5.41, 5.74) is 20.3. The van der Waals surface area contributed by atoms with E-state index in [4.69, 9.17) is 29.0 Å². The van der Waals surface area contributed by atoms with E-state index in [1.54, 1.807) is 0 Å². The van der Waals surface area contributed by atoms with Crippen molar-refractivity contribution in [3.8, 4) is 0 Å². The van der Waals surface area contributed by atoms with Gasteiger partial charge < -0.3 is 29.0 Å². The van der Waals surface area contributed by atoms with Crippen LogP contribution in [0.5, 0.6) is 0 Å². The Bertz CT molecular complexity index is 3620. The van der Waals surface area contributed by atoms with Gasteiger partial charge in [-0.25, -0.2) is 0 Å². The van der Waals surface area contributed by atoms with Gasteiger partial charge in [0.1, 0.15) is 46.1 Å². The zero-order valence-corrected chi connectivity index (χ0v) is 49.6. The number of ether oxygens (including phenoxy) is 4. The van der Waals surface area contributed by atoms with E-state index >= 15 is 0 Å². The first-order valence-electron chi connectivity index (χ1n) is 29.5. The summed E-state index contributed by atoms with van der Waals surface area (Å²) in [4.78, 5) is 0. The molecule has 0 saturated carbocycles. The molecule has 0 aliphatic carbocycles. The number of allylic oxidation sites excluding steroid dienone is 12. The summed E-state index contributed by atoms with van der Waals surface area (Å²) in [6.07, 6.45) is 16.7. The molecule has 86 heavy (non-hydrogen) atoms. The highest BCUT2D eigenvalue weighted by atomic mass is 19.1. The number of rotatable bonds is 12. The van der Waals surface area contributed by atoms with Crippen molar-refractivity contribution in [1.29, 1.82) is 0 Å². The van der Waals surface area contributed by atoms with Crippen LogP contribution in [-0.2, 0) is 44.6 Å². The van der Waals surface area contributed by atoms with Crippen LogP contribution in [0.1, 0.15) is 108 Å². The molecule has 0 bridgehead atoms. The average molecular weight is 1130 g/mol. The van der Waals surface area contributed by atoms with Gasteiger partial charge in [-0.2, -0.15) is 0 Å². The average Bonchev–Trinajstić information content (AvgIpc) is 2.22. The van der Waals surface area contributed by atoms with Gasteiger partial charge in [0.15, 0.2) is 0 Å². The first kappa shape index (κ1) is 59.4. The first-order valence-corrected chi connectivity index (χ1v) is 29.5. The Morgan fingerprint density at radius 3 is 0.767 bits per heavy atom. The minimum atomic E-state index is -2.67. The van der Waals surface area contributed by atoms with Gasteiger partial charge in [-0.15, -0.1) is 0 Å². The molecule has 4 heterocycles. The van der Waals surface area contributed by atoms with Crippen LogP contribution in [0.15, 0.2) is 289 Å². The van der Waals surface area contributed by atoms with Crippen molar-refractivity contribution < 1.29 is 33.3 Å². The number of aryl methyl sites for hydroxylation is 4. The third-order valence-electron chi connectivity index (χ3n) is 15.4. The highest BCUT2D eigenvalue weighted by molar-refractivity contribution is 6.31. The quantitative estimate of drug-likeness (QED) is 0.119. The smallest absolute Gasteiger partial charge is 0.456 e. The SMILES string of the molecule is CCc1ccc(C2=CC(=C3C=C(c4ccccc4)OC(c4ccccc4)=C3)OC(c3ccc(CC)cc3)=C2C)cc1.CCc1ccc(C2=CC(=C3C=C(c4ccccc4)OC(c4ccccc4)=C3)OC(c3ccc(CC)cc3)=C2C)cc1.OB(O)F. The molecular weight excluding hydrogens is 1060 g/mol. The molecule has 8 heteroatoms. The van der Waals surface area contributed by atoms with Crippen molar-refractivity contribution in [3.05, 3.63) is 355 Å². The summed E-state index contributed by atoms with van der Waals surface area (Å²) >= 11 is 0. The standard InChI is InChI=1S/2C39H34O2.BFH2O2/c2*1-4-28-16-20-30(21-17-28)35-26-38(41-39(27(35)3)33-22-18-29(5-2)19-23-33)34-24-36(31-12-8-6-9-13-31)40-37(25-34)32-14-10-7-11-15-32;2-1(3)4/h2*6-26H,4-5H2,1-3H3;3-4H. The number of benzene rings is 8. The van der Waals surface area contributed by atoms with Crippen molar-refractivity contribution in [2.75, 3.05) is 0 Å². The number of halogens is 1. The van der Waals surface area contributed by atoms with Crippen LogP contribution in [0, 0.1) is 0 Å². The van der Waals surface area contributed by atoms with Crippen LogP contribution in [-0.4, -0.2) is 17.4 Å². The lowest BCUT2D eigenvalue weighted by Crippen LogP contribution is -2.07. The lowest BCUT2D eigenvalue weighted by Gasteiger charge is -2.26. The summed E-state index contributed by atoms with van der Waals surface area (Å²) in [5, 5.41) is 13.9. The van der Waals surface area contributed by atoms with Crippen molar-refractivity contribution >= 4 is 53.1 Å². The Balaban J connectivity index is 0.000000180. The van der Waals surface area contributed by atoms with Crippen LogP contribution in [0.2, 0.25) is 0 Å². The van der Waals surface area contributed by atoms with Crippen molar-refractivity contribution in [3.63, 3.8) is 0 Å². The van der Waals surface area contributed by atoms with E-state index in [1.807, 2.05) is 72.8 Å². The van der Waals surface area contributed by atoms with Gasteiger partial charge in [0.2, 0.25) is 0 Å². The van der Waals surface area contributed by atoms with Crippen molar-refractivity contribution in [2.45, 2.75) is 67.2 Å². The molecule has 2 N–H and O–H groups in total. The Morgan fingerprint density at radius 1 is 0.302 bits per heavy atom. The van der Waals surface area contributed by atoms with E-state index in [0.29, 0.717) is 0 Å². The van der Waals surface area contributed by atoms with Gasteiger partial charge in [-0.3, -0.25) is 4.32 Å². The predicted octanol–water partition coefficient (Wildman–Crippen LogP) is 19.0. The van der Waals surface area contributed by atoms with E-state index in [9.17, 15) is 4.32 Å². The second-order valence-corrected chi connectivity index (χ2v) is 21.1. The summed E-state index contributed by atoms with van der Waals surface area (Å²) in [5.74, 6) is 6.52.